The molecule has 82 valence electrons. The molecular weight excluding hydrogens is 184 g/mol. The first-order valence-electron chi connectivity index (χ1n) is 5.63. The minimum atomic E-state index is 0.943. The zero-order valence-electron chi connectivity index (χ0n) is 9.45. The van der Waals surface area contributed by atoms with Crippen molar-refractivity contribution in [2.45, 2.75) is 19.3 Å². The monoisotopic (exact) mass is 204 g/mol. The maximum absolute atomic E-state index is 4.39. The number of nitrogens with zero attached hydrogens (tertiary/aromatic N) is 1. The topological polar surface area (TPSA) is 24.4 Å². The molecule has 0 heterocycles. The summed E-state index contributed by atoms with van der Waals surface area (Å²) in [6, 6.07) is 10.2. The van der Waals surface area contributed by atoms with E-state index in [-0.39, 0.29) is 0 Å². The Kier molecular flexibility index (Phi) is 6.50. The van der Waals surface area contributed by atoms with E-state index in [2.05, 4.69) is 22.4 Å². The Balaban J connectivity index is 2.07. The van der Waals surface area contributed by atoms with Crippen LogP contribution in [0.25, 0.3) is 0 Å². The van der Waals surface area contributed by atoms with Crippen LogP contribution in [0.15, 0.2) is 35.3 Å². The molecule has 0 aliphatic rings. The van der Waals surface area contributed by atoms with Crippen LogP contribution in [0, 0.1) is 0 Å². The Morgan fingerprint density at radius 1 is 1.13 bits per heavy atom. The van der Waals surface area contributed by atoms with Gasteiger partial charge >= 0.3 is 0 Å². The van der Waals surface area contributed by atoms with Gasteiger partial charge in [0.2, 0.25) is 0 Å². The summed E-state index contributed by atoms with van der Waals surface area (Å²) in [5, 5.41) is 3.15. The lowest BCUT2D eigenvalue weighted by atomic mass is 10.2. The van der Waals surface area contributed by atoms with Crippen molar-refractivity contribution in [1.82, 2.24) is 5.32 Å². The van der Waals surface area contributed by atoms with Crippen LogP contribution in [-0.2, 0) is 0 Å². The largest absolute Gasteiger partial charge is 0.320 e. The molecule has 0 atom stereocenters. The van der Waals surface area contributed by atoms with Crippen LogP contribution in [0.5, 0.6) is 0 Å². The second kappa shape index (κ2) is 8.18. The molecule has 15 heavy (non-hydrogen) atoms. The molecule has 2 heteroatoms. The van der Waals surface area contributed by atoms with Crippen molar-refractivity contribution in [3.63, 3.8) is 0 Å². The number of unbranched alkanes of at least 4 members (excludes halogenated alkanes) is 2. The summed E-state index contributed by atoms with van der Waals surface area (Å²) in [6.45, 7) is 2.06. The quantitative estimate of drug-likeness (QED) is 0.535. The molecule has 0 saturated heterocycles. The first-order valence-corrected chi connectivity index (χ1v) is 5.63. The fraction of sp³-hybridized carbons (Fsp3) is 0.462. The molecule has 1 aromatic rings. The van der Waals surface area contributed by atoms with Crippen molar-refractivity contribution in [1.29, 1.82) is 0 Å². The van der Waals surface area contributed by atoms with E-state index < -0.39 is 0 Å². The van der Waals surface area contributed by atoms with Crippen molar-refractivity contribution in [3.05, 3.63) is 35.9 Å². The molecule has 0 aliphatic heterocycles. The number of aliphatic imine (C=N–C) groups is 1. The average molecular weight is 204 g/mol. The predicted molar refractivity (Wildman–Crippen MR) is 66.7 cm³/mol. The van der Waals surface area contributed by atoms with Gasteiger partial charge in [-0.1, -0.05) is 36.8 Å². The third-order valence-electron chi connectivity index (χ3n) is 2.25. The zero-order valence-corrected chi connectivity index (χ0v) is 9.45. The molecule has 0 fully saturated rings. The normalized spacial score (nSPS) is 11.0. The SMILES string of the molecule is CNCCCCCN=Cc1ccccc1. The van der Waals surface area contributed by atoms with Crippen LogP contribution < -0.4 is 5.32 Å². The summed E-state index contributed by atoms with van der Waals surface area (Å²) >= 11 is 0. The summed E-state index contributed by atoms with van der Waals surface area (Å²) in [5.41, 5.74) is 1.19. The molecular formula is C13H20N2. The van der Waals surface area contributed by atoms with E-state index in [1.54, 1.807) is 0 Å². The third-order valence-corrected chi connectivity index (χ3v) is 2.25. The number of hydrogen-bond acceptors (Lipinski definition) is 2. The molecule has 0 amide bonds. The molecule has 0 bridgehead atoms. The van der Waals surface area contributed by atoms with Crippen LogP contribution in [0.4, 0.5) is 0 Å². The highest BCUT2D eigenvalue weighted by atomic mass is 14.8. The summed E-state index contributed by atoms with van der Waals surface area (Å²) in [5.74, 6) is 0. The Morgan fingerprint density at radius 3 is 2.67 bits per heavy atom. The zero-order chi connectivity index (χ0) is 10.8. The number of benzene rings is 1. The second-order valence-electron chi connectivity index (χ2n) is 3.61. The van der Waals surface area contributed by atoms with E-state index >= 15 is 0 Å². The molecule has 0 spiro atoms. The van der Waals surface area contributed by atoms with Gasteiger partial charge in [-0.15, -0.1) is 0 Å². The smallest absolute Gasteiger partial charge is 0.0389 e. The highest BCUT2D eigenvalue weighted by Gasteiger charge is 1.87. The van der Waals surface area contributed by atoms with Crippen LogP contribution in [0.2, 0.25) is 0 Å². The average Bonchev–Trinajstić information content (AvgIpc) is 2.29. The van der Waals surface area contributed by atoms with Crippen molar-refractivity contribution in [2.75, 3.05) is 20.1 Å². The van der Waals surface area contributed by atoms with Crippen molar-refractivity contribution >= 4 is 6.21 Å². The molecule has 1 aromatic carbocycles. The summed E-state index contributed by atoms with van der Waals surface area (Å²) in [6.07, 6.45) is 5.65. The van der Waals surface area contributed by atoms with Crippen molar-refractivity contribution in [2.24, 2.45) is 4.99 Å². The minimum absolute atomic E-state index is 0.943. The lowest BCUT2D eigenvalue weighted by molar-refractivity contribution is 0.649. The molecule has 0 saturated carbocycles. The predicted octanol–water partition coefficient (Wildman–Crippen LogP) is 2.50. The Morgan fingerprint density at radius 2 is 1.93 bits per heavy atom. The Hall–Kier alpha value is -1.15. The minimum Gasteiger partial charge on any atom is -0.320 e. The summed E-state index contributed by atoms with van der Waals surface area (Å²) < 4.78 is 0. The van der Waals surface area contributed by atoms with Crippen molar-refractivity contribution < 1.29 is 0 Å². The van der Waals surface area contributed by atoms with Gasteiger partial charge in [0, 0.05) is 12.8 Å². The van der Waals surface area contributed by atoms with Gasteiger partial charge in [0.1, 0.15) is 0 Å². The van der Waals surface area contributed by atoms with E-state index in [4.69, 9.17) is 0 Å². The van der Waals surface area contributed by atoms with Crippen LogP contribution in [-0.4, -0.2) is 26.4 Å². The number of hydrogen-bond donors (Lipinski definition) is 1. The van der Waals surface area contributed by atoms with Crippen molar-refractivity contribution in [3.8, 4) is 0 Å². The molecule has 0 aliphatic carbocycles. The standard InChI is InChI=1S/C13H20N2/c1-14-10-6-3-7-11-15-12-13-8-4-2-5-9-13/h2,4-5,8-9,12,14H,3,6-7,10-11H2,1H3. The molecule has 1 N–H and O–H groups in total. The Labute approximate surface area is 92.4 Å². The van der Waals surface area contributed by atoms with E-state index in [1.807, 2.05) is 31.5 Å². The molecule has 0 aromatic heterocycles. The van der Waals surface area contributed by atoms with Crippen LogP contribution in [0.3, 0.4) is 0 Å². The highest BCUT2D eigenvalue weighted by Crippen LogP contribution is 1.96. The summed E-state index contributed by atoms with van der Waals surface area (Å²) in [7, 11) is 1.99. The number of rotatable bonds is 7. The van der Waals surface area contributed by atoms with E-state index in [0.29, 0.717) is 0 Å². The van der Waals surface area contributed by atoms with Gasteiger partial charge in [-0.05, 0) is 32.0 Å². The lowest BCUT2D eigenvalue weighted by Gasteiger charge is -1.97. The maximum atomic E-state index is 4.39. The lowest BCUT2D eigenvalue weighted by Crippen LogP contribution is -2.07. The fourth-order valence-electron chi connectivity index (χ4n) is 1.39. The first-order chi connectivity index (χ1) is 7.43. The van der Waals surface area contributed by atoms with Gasteiger partial charge in [0.05, 0.1) is 0 Å². The van der Waals surface area contributed by atoms with Crippen LogP contribution >= 0.6 is 0 Å². The van der Waals surface area contributed by atoms with Gasteiger partial charge in [-0.3, -0.25) is 4.99 Å². The summed E-state index contributed by atoms with van der Waals surface area (Å²) in [4.78, 5) is 4.39. The number of nitrogens with one attached hydrogen (secondary N) is 1. The Bertz CT molecular complexity index is 267. The van der Waals surface area contributed by atoms with Gasteiger partial charge in [0.25, 0.3) is 0 Å². The fourth-order valence-corrected chi connectivity index (χ4v) is 1.39. The highest BCUT2D eigenvalue weighted by molar-refractivity contribution is 5.79. The third kappa shape index (κ3) is 6.02. The van der Waals surface area contributed by atoms with Gasteiger partial charge < -0.3 is 5.32 Å². The first kappa shape index (κ1) is 11.9. The van der Waals surface area contributed by atoms with Gasteiger partial charge in [-0.25, -0.2) is 0 Å². The van der Waals surface area contributed by atoms with Gasteiger partial charge in [0.15, 0.2) is 0 Å². The van der Waals surface area contributed by atoms with E-state index in [0.717, 1.165) is 13.1 Å². The van der Waals surface area contributed by atoms with E-state index in [9.17, 15) is 0 Å². The van der Waals surface area contributed by atoms with E-state index in [1.165, 1.54) is 24.8 Å². The molecule has 2 nitrogen and oxygen atoms in total. The maximum Gasteiger partial charge on any atom is 0.0389 e. The molecule has 0 radical (unpaired) electrons. The van der Waals surface area contributed by atoms with Gasteiger partial charge in [-0.2, -0.15) is 0 Å². The second-order valence-corrected chi connectivity index (χ2v) is 3.61. The molecule has 0 unspecified atom stereocenters. The van der Waals surface area contributed by atoms with Crippen LogP contribution in [0.1, 0.15) is 24.8 Å². The molecule has 1 rings (SSSR count).